The average molecular weight is 418 g/mol. The molecule has 3 rings (SSSR count). The van der Waals surface area contributed by atoms with E-state index in [4.69, 9.17) is 13.9 Å². The van der Waals surface area contributed by atoms with Crippen LogP contribution in [0.3, 0.4) is 0 Å². The van der Waals surface area contributed by atoms with Crippen molar-refractivity contribution < 1.29 is 28.3 Å². The number of ether oxygens (including phenoxy) is 2. The summed E-state index contributed by atoms with van der Waals surface area (Å²) in [6, 6.07) is 9.61. The van der Waals surface area contributed by atoms with E-state index in [0.29, 0.717) is 22.9 Å². The minimum absolute atomic E-state index is 0.274. The van der Waals surface area contributed by atoms with Crippen LogP contribution >= 0.6 is 11.8 Å². The van der Waals surface area contributed by atoms with E-state index in [9.17, 15) is 14.4 Å². The molecule has 154 valence electrons. The number of esters is 1. The van der Waals surface area contributed by atoms with Gasteiger partial charge < -0.3 is 24.1 Å². The van der Waals surface area contributed by atoms with Gasteiger partial charge >= 0.3 is 5.97 Å². The molecule has 1 aromatic carbocycles. The van der Waals surface area contributed by atoms with Crippen molar-refractivity contribution in [1.82, 2.24) is 4.90 Å². The van der Waals surface area contributed by atoms with Crippen molar-refractivity contribution in [2.75, 3.05) is 18.2 Å². The van der Waals surface area contributed by atoms with E-state index in [-0.39, 0.29) is 5.91 Å². The Hall–Kier alpha value is -2.94. The largest absolute Gasteiger partial charge is 0.495 e. The second-order valence-corrected chi connectivity index (χ2v) is 7.53. The number of carbonyl (C=O) groups excluding carboxylic acids is 3. The van der Waals surface area contributed by atoms with E-state index in [1.807, 2.05) is 0 Å². The predicted octanol–water partition coefficient (Wildman–Crippen LogP) is 2.82. The Morgan fingerprint density at radius 2 is 2.00 bits per heavy atom. The third kappa shape index (κ3) is 4.56. The zero-order valence-electron chi connectivity index (χ0n) is 16.3. The van der Waals surface area contributed by atoms with E-state index in [1.54, 1.807) is 36.4 Å². The van der Waals surface area contributed by atoms with Gasteiger partial charge in [0.2, 0.25) is 5.91 Å². The van der Waals surface area contributed by atoms with Crippen LogP contribution in [-0.4, -0.2) is 47.7 Å². The molecule has 8 nitrogen and oxygen atoms in total. The monoisotopic (exact) mass is 418 g/mol. The van der Waals surface area contributed by atoms with E-state index in [0.717, 1.165) is 0 Å². The molecule has 2 aromatic rings. The number of hydrogen-bond donors (Lipinski definition) is 1. The maximum Gasteiger partial charge on any atom is 0.330 e. The van der Waals surface area contributed by atoms with Gasteiger partial charge in [-0.25, -0.2) is 4.79 Å². The van der Waals surface area contributed by atoms with Crippen molar-refractivity contribution >= 4 is 35.2 Å². The molecule has 0 saturated carbocycles. The fourth-order valence-corrected chi connectivity index (χ4v) is 4.43. The summed E-state index contributed by atoms with van der Waals surface area (Å²) in [5.74, 6) is 0.0300. The number of nitrogens with zero attached hydrogens (tertiary/aromatic N) is 1. The topological polar surface area (TPSA) is 98.1 Å². The second kappa shape index (κ2) is 9.04. The number of benzene rings is 1. The van der Waals surface area contributed by atoms with Gasteiger partial charge in [-0.3, -0.25) is 9.59 Å². The highest BCUT2D eigenvalue weighted by Gasteiger charge is 2.43. The van der Waals surface area contributed by atoms with Crippen molar-refractivity contribution in [3.8, 4) is 5.75 Å². The average Bonchev–Trinajstić information content (AvgIpc) is 3.37. The van der Waals surface area contributed by atoms with Crippen LogP contribution in [0.5, 0.6) is 5.75 Å². The summed E-state index contributed by atoms with van der Waals surface area (Å²) in [7, 11) is 1.50. The first-order chi connectivity index (χ1) is 13.9. The van der Waals surface area contributed by atoms with Crippen molar-refractivity contribution in [2.45, 2.75) is 31.4 Å². The number of methoxy groups -OCH3 is 1. The molecule has 0 aliphatic carbocycles. The molecule has 29 heavy (non-hydrogen) atoms. The highest BCUT2D eigenvalue weighted by molar-refractivity contribution is 7.99. The third-order valence-electron chi connectivity index (χ3n) is 4.45. The Labute approximate surface area is 172 Å². The van der Waals surface area contributed by atoms with Gasteiger partial charge in [0.05, 0.1) is 19.1 Å². The van der Waals surface area contributed by atoms with Crippen LogP contribution in [0.4, 0.5) is 5.69 Å². The molecule has 0 radical (unpaired) electrons. The van der Waals surface area contributed by atoms with Crippen molar-refractivity contribution in [3.05, 3.63) is 48.4 Å². The normalized spacial score (nSPS) is 19.5. The molecule has 1 N–H and O–H groups in total. The zero-order chi connectivity index (χ0) is 21.0. The smallest absolute Gasteiger partial charge is 0.330 e. The van der Waals surface area contributed by atoms with Gasteiger partial charge in [-0.15, -0.1) is 11.8 Å². The number of anilines is 1. The maximum atomic E-state index is 12.7. The standard InChI is InChI=1S/C20H22N2O6S/c1-12(18(24)21-14-7-4-5-8-16(14)26-3)28-20(25)15-11-29-19(22(15)13(2)23)17-9-6-10-27-17/h4-10,12,15,19H,11H2,1-3H3,(H,21,24)/t12-,15+,19+/m0/s1. The highest BCUT2D eigenvalue weighted by Crippen LogP contribution is 2.41. The van der Waals surface area contributed by atoms with Gasteiger partial charge in [-0.05, 0) is 31.2 Å². The van der Waals surface area contributed by atoms with Crippen molar-refractivity contribution in [3.63, 3.8) is 0 Å². The molecule has 0 bridgehead atoms. The molecule has 0 spiro atoms. The first-order valence-corrected chi connectivity index (χ1v) is 10.1. The highest BCUT2D eigenvalue weighted by atomic mass is 32.2. The van der Waals surface area contributed by atoms with Crippen LogP contribution in [0.25, 0.3) is 0 Å². The number of hydrogen-bond acceptors (Lipinski definition) is 7. The summed E-state index contributed by atoms with van der Waals surface area (Å²) < 4.78 is 15.9. The number of carbonyl (C=O) groups is 3. The van der Waals surface area contributed by atoms with Gasteiger partial charge in [0.25, 0.3) is 5.91 Å². The second-order valence-electron chi connectivity index (χ2n) is 6.41. The van der Waals surface area contributed by atoms with Crippen LogP contribution < -0.4 is 10.1 Å². The van der Waals surface area contributed by atoms with E-state index in [2.05, 4.69) is 5.32 Å². The first kappa shape index (κ1) is 20.8. The Balaban J connectivity index is 1.65. The lowest BCUT2D eigenvalue weighted by Crippen LogP contribution is -2.44. The molecule has 1 saturated heterocycles. The molecule has 9 heteroatoms. The number of thioether (sulfide) groups is 1. The zero-order valence-corrected chi connectivity index (χ0v) is 17.1. The first-order valence-electron chi connectivity index (χ1n) is 9.00. The van der Waals surface area contributed by atoms with Crippen LogP contribution in [0.1, 0.15) is 25.0 Å². The Kier molecular flexibility index (Phi) is 6.48. The van der Waals surface area contributed by atoms with Crippen LogP contribution in [0.2, 0.25) is 0 Å². The molecular formula is C20H22N2O6S. The lowest BCUT2D eigenvalue weighted by Gasteiger charge is -2.26. The maximum absolute atomic E-state index is 12.7. The SMILES string of the molecule is COc1ccccc1NC(=O)[C@H](C)OC(=O)[C@H]1CS[C@H](c2ccco2)N1C(C)=O. The molecule has 1 aliphatic rings. The summed E-state index contributed by atoms with van der Waals surface area (Å²) >= 11 is 1.41. The van der Waals surface area contributed by atoms with E-state index < -0.39 is 29.4 Å². The Morgan fingerprint density at radius 1 is 1.24 bits per heavy atom. The van der Waals surface area contributed by atoms with E-state index >= 15 is 0 Å². The van der Waals surface area contributed by atoms with Gasteiger partial charge in [-0.2, -0.15) is 0 Å². The fourth-order valence-electron chi connectivity index (χ4n) is 3.01. The molecular weight excluding hydrogens is 396 g/mol. The van der Waals surface area contributed by atoms with Gasteiger partial charge in [-0.1, -0.05) is 12.1 Å². The number of rotatable bonds is 6. The van der Waals surface area contributed by atoms with Gasteiger partial charge in [0.1, 0.15) is 22.9 Å². The number of para-hydroxylation sites is 2. The van der Waals surface area contributed by atoms with E-state index in [1.165, 1.54) is 43.9 Å². The quantitative estimate of drug-likeness (QED) is 0.720. The summed E-state index contributed by atoms with van der Waals surface area (Å²) in [5, 5.41) is 2.28. The number of amides is 2. The molecule has 2 amide bonds. The molecule has 0 unspecified atom stereocenters. The Morgan fingerprint density at radius 3 is 2.66 bits per heavy atom. The summed E-state index contributed by atoms with van der Waals surface area (Å²) in [4.78, 5) is 38.7. The number of nitrogens with one attached hydrogen (secondary N) is 1. The van der Waals surface area contributed by atoms with Gasteiger partial charge in [0, 0.05) is 12.7 Å². The predicted molar refractivity (Wildman–Crippen MR) is 107 cm³/mol. The third-order valence-corrected chi connectivity index (χ3v) is 5.73. The molecule has 3 atom stereocenters. The molecule has 1 aliphatic heterocycles. The van der Waals surface area contributed by atoms with Crippen LogP contribution in [0, 0.1) is 0 Å². The fraction of sp³-hybridized carbons (Fsp3) is 0.350. The number of furan rings is 1. The molecule has 2 heterocycles. The molecule has 1 fully saturated rings. The van der Waals surface area contributed by atoms with Crippen molar-refractivity contribution in [2.24, 2.45) is 0 Å². The summed E-state index contributed by atoms with van der Waals surface area (Å²) in [6.45, 7) is 2.87. The lowest BCUT2D eigenvalue weighted by molar-refractivity contribution is -0.160. The van der Waals surface area contributed by atoms with Crippen LogP contribution in [0.15, 0.2) is 47.1 Å². The summed E-state index contributed by atoms with van der Waals surface area (Å²) in [5.41, 5.74) is 0.475. The van der Waals surface area contributed by atoms with Crippen LogP contribution in [-0.2, 0) is 19.1 Å². The Bertz CT molecular complexity index is 885. The summed E-state index contributed by atoms with van der Waals surface area (Å²) in [6.07, 6.45) is 0.471. The molecule has 1 aromatic heterocycles. The van der Waals surface area contributed by atoms with Crippen molar-refractivity contribution in [1.29, 1.82) is 0 Å². The minimum Gasteiger partial charge on any atom is -0.495 e. The lowest BCUT2D eigenvalue weighted by atomic mass is 10.2. The van der Waals surface area contributed by atoms with Gasteiger partial charge in [0.15, 0.2) is 6.10 Å². The minimum atomic E-state index is -1.05.